The predicted octanol–water partition coefficient (Wildman–Crippen LogP) is 5.97. The highest BCUT2D eigenvalue weighted by Crippen LogP contribution is 2.30. The van der Waals surface area contributed by atoms with Crippen LogP contribution in [-0.2, 0) is 27.3 Å². The zero-order chi connectivity index (χ0) is 27.1. The van der Waals surface area contributed by atoms with E-state index in [1.54, 1.807) is 0 Å². The van der Waals surface area contributed by atoms with Gasteiger partial charge in [-0.2, -0.15) is 0 Å². The minimum Gasteiger partial charge on any atom is -0.469 e. The van der Waals surface area contributed by atoms with Crippen LogP contribution in [-0.4, -0.2) is 50.1 Å². The zero-order valence-electron chi connectivity index (χ0n) is 23.7. The molecule has 1 aliphatic heterocycles. The highest BCUT2D eigenvalue weighted by Gasteiger charge is 2.29. The summed E-state index contributed by atoms with van der Waals surface area (Å²) in [6, 6.07) is 15.1. The Kier molecular flexibility index (Phi) is 9.84. The van der Waals surface area contributed by atoms with Crippen LogP contribution in [0.5, 0.6) is 0 Å². The molecule has 0 aromatic heterocycles. The Bertz CT molecular complexity index is 1090. The summed E-state index contributed by atoms with van der Waals surface area (Å²) in [5.41, 5.74) is 5.82. The number of amides is 1. The molecule has 1 N–H and O–H groups in total. The summed E-state index contributed by atoms with van der Waals surface area (Å²) in [5.74, 6) is 0.889. The molecule has 6 nitrogen and oxygen atoms in total. The maximum Gasteiger partial charge on any atom is 0.305 e. The Labute approximate surface area is 228 Å². The van der Waals surface area contributed by atoms with E-state index in [9.17, 15) is 9.59 Å². The van der Waals surface area contributed by atoms with Crippen molar-refractivity contribution in [3.05, 3.63) is 59.2 Å². The van der Waals surface area contributed by atoms with Crippen LogP contribution >= 0.6 is 0 Å². The van der Waals surface area contributed by atoms with Gasteiger partial charge in [-0.15, -0.1) is 0 Å². The van der Waals surface area contributed by atoms with E-state index in [0.29, 0.717) is 18.9 Å². The number of nitrogens with one attached hydrogen (secondary N) is 1. The summed E-state index contributed by atoms with van der Waals surface area (Å²) in [6.07, 6.45) is 7.43. The molecule has 1 heterocycles. The van der Waals surface area contributed by atoms with Gasteiger partial charge in [-0.3, -0.25) is 14.5 Å². The number of hydrogen-bond donors (Lipinski definition) is 1. The van der Waals surface area contributed by atoms with Gasteiger partial charge in [0, 0.05) is 49.9 Å². The van der Waals surface area contributed by atoms with Crippen LogP contribution in [0.25, 0.3) is 0 Å². The summed E-state index contributed by atoms with van der Waals surface area (Å²) >= 11 is 0. The van der Waals surface area contributed by atoms with E-state index in [0.717, 1.165) is 55.1 Å². The first-order chi connectivity index (χ1) is 18.3. The lowest BCUT2D eigenvalue weighted by Gasteiger charge is -2.32. The van der Waals surface area contributed by atoms with Gasteiger partial charge in [-0.05, 0) is 105 Å². The average Bonchev–Trinajstić information content (AvgIpc) is 2.92. The Balaban J connectivity index is 1.27. The summed E-state index contributed by atoms with van der Waals surface area (Å²) in [7, 11) is 3.35. The molecular weight excluding hydrogens is 474 g/mol. The van der Waals surface area contributed by atoms with E-state index < -0.39 is 0 Å². The van der Waals surface area contributed by atoms with Crippen LogP contribution in [0.4, 0.5) is 11.4 Å². The van der Waals surface area contributed by atoms with Gasteiger partial charge in [0.1, 0.15) is 0 Å². The number of piperidine rings is 1. The summed E-state index contributed by atoms with van der Waals surface area (Å²) in [4.78, 5) is 29.3. The molecule has 0 bridgehead atoms. The highest BCUT2D eigenvalue weighted by atomic mass is 16.5. The molecule has 2 fully saturated rings. The summed E-state index contributed by atoms with van der Waals surface area (Å²) in [6.45, 7) is 7.88. The molecule has 0 radical (unpaired) electrons. The molecule has 1 atom stereocenters. The molecule has 1 saturated carbocycles. The van der Waals surface area contributed by atoms with Gasteiger partial charge in [0.15, 0.2) is 0 Å². The minimum absolute atomic E-state index is 0.0688. The van der Waals surface area contributed by atoms with Gasteiger partial charge in [-0.25, -0.2) is 0 Å². The van der Waals surface area contributed by atoms with Crippen molar-refractivity contribution in [1.29, 1.82) is 0 Å². The van der Waals surface area contributed by atoms with Crippen molar-refractivity contribution in [3.63, 3.8) is 0 Å². The summed E-state index contributed by atoms with van der Waals surface area (Å²) < 4.78 is 4.75. The molecular formula is C32H45N3O3. The molecule has 1 saturated heterocycles. The second-order valence-corrected chi connectivity index (χ2v) is 11.5. The Morgan fingerprint density at radius 3 is 2.58 bits per heavy atom. The number of esters is 1. The maximum atomic E-state index is 13.4. The van der Waals surface area contributed by atoms with Crippen molar-refractivity contribution in [2.45, 2.75) is 77.8 Å². The molecule has 2 aromatic carbocycles. The Morgan fingerprint density at radius 1 is 1.08 bits per heavy atom. The molecule has 0 unspecified atom stereocenters. The van der Waals surface area contributed by atoms with E-state index in [-0.39, 0.29) is 17.8 Å². The number of nitrogens with zero attached hydrogens (tertiary/aromatic N) is 2. The lowest BCUT2D eigenvalue weighted by molar-refractivity contribution is -0.140. The first-order valence-electron chi connectivity index (χ1n) is 14.3. The normalized spacial score (nSPS) is 22.1. The van der Waals surface area contributed by atoms with Crippen molar-refractivity contribution in [3.8, 4) is 0 Å². The lowest BCUT2D eigenvalue weighted by atomic mass is 9.85. The van der Waals surface area contributed by atoms with Crippen molar-refractivity contribution in [2.24, 2.45) is 11.8 Å². The number of anilines is 2. The molecule has 4 rings (SSSR count). The fourth-order valence-corrected chi connectivity index (χ4v) is 6.02. The minimum atomic E-state index is -0.186. The van der Waals surface area contributed by atoms with Crippen LogP contribution < -0.4 is 10.2 Å². The number of benzene rings is 2. The third kappa shape index (κ3) is 7.59. The number of carbonyl (C=O) groups is 2. The molecule has 6 heteroatoms. The van der Waals surface area contributed by atoms with Crippen molar-refractivity contribution in [1.82, 2.24) is 4.90 Å². The number of likely N-dealkylation sites (tertiary alicyclic amines) is 1. The fraction of sp³-hybridized carbons (Fsp3) is 0.562. The first kappa shape index (κ1) is 28.2. The predicted molar refractivity (Wildman–Crippen MR) is 154 cm³/mol. The van der Waals surface area contributed by atoms with E-state index in [4.69, 9.17) is 4.74 Å². The number of ether oxygens (including phenoxy) is 1. The third-order valence-corrected chi connectivity index (χ3v) is 8.40. The quantitative estimate of drug-likeness (QED) is 0.414. The van der Waals surface area contributed by atoms with E-state index in [1.165, 1.54) is 44.2 Å². The van der Waals surface area contributed by atoms with Crippen molar-refractivity contribution >= 4 is 23.3 Å². The topological polar surface area (TPSA) is 61.9 Å². The SMILES string of the molecule is COC(=O)CCc1cccc(NC2CCC(C(=O)N(C)c3ccc(CN4CCC[C@@H](C)C4)c(C)c3)CC2)c1. The van der Waals surface area contributed by atoms with E-state index >= 15 is 0 Å². The van der Waals surface area contributed by atoms with Gasteiger partial charge in [0.2, 0.25) is 5.91 Å². The van der Waals surface area contributed by atoms with Gasteiger partial charge in [0.25, 0.3) is 0 Å². The zero-order valence-corrected chi connectivity index (χ0v) is 23.7. The van der Waals surface area contributed by atoms with Crippen LogP contribution in [0.3, 0.4) is 0 Å². The number of carbonyl (C=O) groups excluding carboxylic acids is 2. The molecule has 1 amide bonds. The summed E-state index contributed by atoms with van der Waals surface area (Å²) in [5, 5.41) is 3.65. The van der Waals surface area contributed by atoms with Gasteiger partial charge < -0.3 is 15.0 Å². The maximum absolute atomic E-state index is 13.4. The van der Waals surface area contributed by atoms with Gasteiger partial charge in [0.05, 0.1) is 7.11 Å². The standard InChI is InChI=1S/C32H45N3O3/c1-23-7-6-18-35(21-23)22-27-13-16-30(19-24(27)2)34(3)32(37)26-11-14-28(15-12-26)33-29-9-5-8-25(20-29)10-17-31(36)38-4/h5,8-9,13,16,19-20,23,26,28,33H,6-7,10-12,14-15,17-18,21-22H2,1-4H3/t23-,26?,28?/m1/s1. The van der Waals surface area contributed by atoms with Crippen LogP contribution in [0, 0.1) is 18.8 Å². The van der Waals surface area contributed by atoms with Crippen LogP contribution in [0.15, 0.2) is 42.5 Å². The van der Waals surface area contributed by atoms with Crippen LogP contribution in [0.1, 0.15) is 68.6 Å². The second-order valence-electron chi connectivity index (χ2n) is 11.5. The average molecular weight is 520 g/mol. The van der Waals surface area contributed by atoms with Crippen molar-refractivity contribution in [2.75, 3.05) is 37.5 Å². The monoisotopic (exact) mass is 519 g/mol. The molecule has 2 aliphatic rings. The highest BCUT2D eigenvalue weighted by molar-refractivity contribution is 5.94. The van der Waals surface area contributed by atoms with Gasteiger partial charge >= 0.3 is 5.97 Å². The Morgan fingerprint density at radius 2 is 1.87 bits per heavy atom. The van der Waals surface area contributed by atoms with Crippen molar-refractivity contribution < 1.29 is 14.3 Å². The second kappa shape index (κ2) is 13.3. The van der Waals surface area contributed by atoms with E-state index in [1.807, 2.05) is 24.1 Å². The fourth-order valence-electron chi connectivity index (χ4n) is 6.02. The molecule has 2 aromatic rings. The lowest BCUT2D eigenvalue weighted by Crippen LogP contribution is -2.37. The number of rotatable bonds is 9. The molecule has 38 heavy (non-hydrogen) atoms. The number of hydrogen-bond acceptors (Lipinski definition) is 5. The molecule has 0 spiro atoms. The first-order valence-corrected chi connectivity index (χ1v) is 14.3. The molecule has 1 aliphatic carbocycles. The van der Waals surface area contributed by atoms with Crippen LogP contribution in [0.2, 0.25) is 0 Å². The smallest absolute Gasteiger partial charge is 0.305 e. The third-order valence-electron chi connectivity index (χ3n) is 8.40. The number of methoxy groups -OCH3 is 1. The largest absolute Gasteiger partial charge is 0.469 e. The van der Waals surface area contributed by atoms with Gasteiger partial charge in [-0.1, -0.05) is 25.1 Å². The number of aryl methyl sites for hydroxylation is 2. The molecule has 206 valence electrons. The Hall–Kier alpha value is -2.86. The van der Waals surface area contributed by atoms with E-state index in [2.05, 4.69) is 54.4 Å².